The average molecular weight is 228 g/mol. The van der Waals surface area contributed by atoms with E-state index in [4.69, 9.17) is 10.5 Å². The second-order valence-electron chi connectivity index (χ2n) is 3.95. The zero-order chi connectivity index (χ0) is 11.8. The average Bonchev–Trinajstić information content (AvgIpc) is 2.58. The van der Waals surface area contributed by atoms with E-state index in [2.05, 4.69) is 0 Å². The van der Waals surface area contributed by atoms with Crippen LogP contribution in [0.1, 0.15) is 6.42 Å². The summed E-state index contributed by atoms with van der Waals surface area (Å²) in [5.41, 5.74) is 6.92. The Bertz CT molecular complexity index is 396. The molecule has 1 aromatic rings. The Morgan fingerprint density at radius 2 is 2.19 bits per heavy atom. The molecule has 5 heteroatoms. The van der Waals surface area contributed by atoms with Gasteiger partial charge in [-0.25, -0.2) is 8.78 Å². The Morgan fingerprint density at radius 3 is 2.69 bits per heavy atom. The van der Waals surface area contributed by atoms with Crippen molar-refractivity contribution in [2.75, 3.05) is 30.8 Å². The number of rotatable bonds is 2. The van der Waals surface area contributed by atoms with Crippen LogP contribution in [0.15, 0.2) is 18.2 Å². The molecule has 1 saturated heterocycles. The zero-order valence-electron chi connectivity index (χ0n) is 9.04. The summed E-state index contributed by atoms with van der Waals surface area (Å²) in [5, 5.41) is 0. The van der Waals surface area contributed by atoms with Gasteiger partial charge >= 0.3 is 0 Å². The Morgan fingerprint density at radius 1 is 1.44 bits per heavy atom. The van der Waals surface area contributed by atoms with Crippen LogP contribution < -0.4 is 15.4 Å². The lowest BCUT2D eigenvalue weighted by Crippen LogP contribution is -2.25. The molecule has 0 bridgehead atoms. The van der Waals surface area contributed by atoms with E-state index in [-0.39, 0.29) is 13.0 Å². The molecule has 16 heavy (non-hydrogen) atoms. The van der Waals surface area contributed by atoms with Gasteiger partial charge in [0.1, 0.15) is 5.75 Å². The third-order valence-electron chi connectivity index (χ3n) is 2.75. The first-order chi connectivity index (χ1) is 7.52. The van der Waals surface area contributed by atoms with Gasteiger partial charge in [0.2, 0.25) is 0 Å². The van der Waals surface area contributed by atoms with Crippen molar-refractivity contribution in [2.45, 2.75) is 12.3 Å². The van der Waals surface area contributed by atoms with Crippen molar-refractivity contribution < 1.29 is 13.5 Å². The van der Waals surface area contributed by atoms with Crippen molar-refractivity contribution in [3.05, 3.63) is 18.2 Å². The van der Waals surface area contributed by atoms with Crippen molar-refractivity contribution in [3.63, 3.8) is 0 Å². The van der Waals surface area contributed by atoms with Crippen LogP contribution in [0.25, 0.3) is 0 Å². The largest absolute Gasteiger partial charge is 0.497 e. The highest BCUT2D eigenvalue weighted by molar-refractivity contribution is 5.70. The number of hydrogen-bond acceptors (Lipinski definition) is 3. The normalized spacial score (nSPS) is 18.8. The number of methoxy groups -OCH3 is 1. The molecule has 0 aromatic heterocycles. The second-order valence-corrected chi connectivity index (χ2v) is 3.95. The van der Waals surface area contributed by atoms with Crippen LogP contribution in [0.5, 0.6) is 5.75 Å². The van der Waals surface area contributed by atoms with Crippen LogP contribution in [0.4, 0.5) is 20.2 Å². The molecule has 3 nitrogen and oxygen atoms in total. The first-order valence-corrected chi connectivity index (χ1v) is 5.08. The van der Waals surface area contributed by atoms with Gasteiger partial charge in [-0.1, -0.05) is 0 Å². The summed E-state index contributed by atoms with van der Waals surface area (Å²) in [4.78, 5) is 1.61. The highest BCUT2D eigenvalue weighted by Gasteiger charge is 2.38. The molecule has 1 aromatic carbocycles. The van der Waals surface area contributed by atoms with Crippen molar-refractivity contribution in [2.24, 2.45) is 0 Å². The predicted octanol–water partition coefficient (Wildman–Crippen LogP) is 2.12. The van der Waals surface area contributed by atoms with E-state index in [1.54, 1.807) is 30.2 Å². The highest BCUT2D eigenvalue weighted by Crippen LogP contribution is 2.35. The number of ether oxygens (including phenoxy) is 1. The molecule has 88 valence electrons. The summed E-state index contributed by atoms with van der Waals surface area (Å²) in [6, 6.07) is 5.09. The van der Waals surface area contributed by atoms with Gasteiger partial charge in [0.05, 0.1) is 25.0 Å². The van der Waals surface area contributed by atoms with Gasteiger partial charge in [0.15, 0.2) is 0 Å². The quantitative estimate of drug-likeness (QED) is 0.788. The molecule has 2 rings (SSSR count). The Balaban J connectivity index is 2.22. The van der Waals surface area contributed by atoms with Crippen LogP contribution in [0.2, 0.25) is 0 Å². The maximum absolute atomic E-state index is 13.1. The third-order valence-corrected chi connectivity index (χ3v) is 2.75. The van der Waals surface area contributed by atoms with Crippen LogP contribution in [-0.4, -0.2) is 26.1 Å². The Kier molecular flexibility index (Phi) is 2.61. The zero-order valence-corrected chi connectivity index (χ0v) is 9.04. The lowest BCUT2D eigenvalue weighted by atomic mass is 10.2. The van der Waals surface area contributed by atoms with Gasteiger partial charge in [-0.3, -0.25) is 0 Å². The predicted molar refractivity (Wildman–Crippen MR) is 59.2 cm³/mol. The first-order valence-electron chi connectivity index (χ1n) is 5.08. The van der Waals surface area contributed by atoms with E-state index < -0.39 is 5.92 Å². The second kappa shape index (κ2) is 3.81. The molecule has 1 fully saturated rings. The van der Waals surface area contributed by atoms with E-state index in [1.165, 1.54) is 0 Å². The van der Waals surface area contributed by atoms with Gasteiger partial charge in [0, 0.05) is 19.0 Å². The topological polar surface area (TPSA) is 38.5 Å². The van der Waals surface area contributed by atoms with E-state index in [0.717, 1.165) is 0 Å². The monoisotopic (exact) mass is 228 g/mol. The van der Waals surface area contributed by atoms with Gasteiger partial charge < -0.3 is 15.4 Å². The van der Waals surface area contributed by atoms with Crippen LogP contribution in [0, 0.1) is 0 Å². The van der Waals surface area contributed by atoms with Crippen molar-refractivity contribution >= 4 is 11.4 Å². The Labute approximate surface area is 92.8 Å². The number of anilines is 2. The number of benzene rings is 1. The van der Waals surface area contributed by atoms with E-state index >= 15 is 0 Å². The molecule has 0 saturated carbocycles. The van der Waals surface area contributed by atoms with E-state index in [9.17, 15) is 8.78 Å². The molecule has 0 atom stereocenters. The summed E-state index contributed by atoms with van der Waals surface area (Å²) >= 11 is 0. The van der Waals surface area contributed by atoms with E-state index in [1.807, 2.05) is 0 Å². The minimum absolute atomic E-state index is 0.113. The van der Waals surface area contributed by atoms with Crippen molar-refractivity contribution in [3.8, 4) is 5.75 Å². The molecule has 0 unspecified atom stereocenters. The third kappa shape index (κ3) is 2.03. The summed E-state index contributed by atoms with van der Waals surface area (Å²) < 4.78 is 31.1. The Hall–Kier alpha value is -1.52. The minimum Gasteiger partial charge on any atom is -0.497 e. The first kappa shape index (κ1) is 11.0. The standard InChI is InChI=1S/C11H14F2N2O/c1-16-8-2-3-10(9(14)6-8)15-5-4-11(12,13)7-15/h2-3,6H,4-5,7,14H2,1H3. The molecule has 0 aliphatic carbocycles. The van der Waals surface area contributed by atoms with Crippen molar-refractivity contribution in [1.29, 1.82) is 0 Å². The van der Waals surface area contributed by atoms with Crippen molar-refractivity contribution in [1.82, 2.24) is 0 Å². The lowest BCUT2D eigenvalue weighted by Gasteiger charge is -2.20. The van der Waals surface area contributed by atoms with Crippen LogP contribution >= 0.6 is 0 Å². The smallest absolute Gasteiger partial charge is 0.266 e. The molecule has 2 N–H and O–H groups in total. The molecule has 0 spiro atoms. The number of alkyl halides is 2. The molecular formula is C11H14F2N2O. The van der Waals surface area contributed by atoms with Crippen LogP contribution in [-0.2, 0) is 0 Å². The fraction of sp³-hybridized carbons (Fsp3) is 0.455. The molecular weight excluding hydrogens is 214 g/mol. The number of nitrogen functional groups attached to an aromatic ring is 1. The van der Waals surface area contributed by atoms with Gasteiger partial charge in [-0.15, -0.1) is 0 Å². The van der Waals surface area contributed by atoms with E-state index in [0.29, 0.717) is 23.7 Å². The SMILES string of the molecule is COc1ccc(N2CCC(F)(F)C2)c(N)c1. The number of nitrogens with two attached hydrogens (primary N) is 1. The minimum atomic E-state index is -2.60. The summed E-state index contributed by atoms with van der Waals surface area (Å²) in [5.74, 6) is -1.97. The fourth-order valence-corrected chi connectivity index (χ4v) is 1.89. The lowest BCUT2D eigenvalue weighted by molar-refractivity contribution is 0.0257. The maximum atomic E-state index is 13.1. The van der Waals surface area contributed by atoms with Gasteiger partial charge in [-0.05, 0) is 12.1 Å². The summed E-state index contributed by atoms with van der Waals surface area (Å²) in [7, 11) is 1.54. The number of nitrogens with zero attached hydrogens (tertiary/aromatic N) is 1. The summed E-state index contributed by atoms with van der Waals surface area (Å²) in [6.45, 7) is 0.0764. The molecule has 1 aliphatic rings. The summed E-state index contributed by atoms with van der Waals surface area (Å²) in [6.07, 6.45) is -0.113. The number of halogens is 2. The highest BCUT2D eigenvalue weighted by atomic mass is 19.3. The molecule has 1 heterocycles. The molecule has 0 radical (unpaired) electrons. The molecule has 1 aliphatic heterocycles. The number of hydrogen-bond donors (Lipinski definition) is 1. The fourth-order valence-electron chi connectivity index (χ4n) is 1.89. The maximum Gasteiger partial charge on any atom is 0.266 e. The molecule has 0 amide bonds. The van der Waals surface area contributed by atoms with Crippen LogP contribution in [0.3, 0.4) is 0 Å². The van der Waals surface area contributed by atoms with Gasteiger partial charge in [-0.2, -0.15) is 0 Å². The van der Waals surface area contributed by atoms with Gasteiger partial charge in [0.25, 0.3) is 5.92 Å².